The van der Waals surface area contributed by atoms with E-state index in [1.165, 1.54) is 22.3 Å². The van der Waals surface area contributed by atoms with Gasteiger partial charge in [-0.3, -0.25) is 5.10 Å². The number of fused-ring (bicyclic) bond motifs is 3. The number of hydrogen-bond acceptors (Lipinski definition) is 1. The van der Waals surface area contributed by atoms with Crippen molar-refractivity contribution in [3.8, 4) is 11.3 Å². The highest BCUT2D eigenvalue weighted by molar-refractivity contribution is 5.73. The summed E-state index contributed by atoms with van der Waals surface area (Å²) in [5.74, 6) is 0. The second kappa shape index (κ2) is 2.22. The number of benzene rings is 1. The molecule has 0 saturated carbocycles. The number of nitrogens with one attached hydrogen (secondary N) is 1. The van der Waals surface area contributed by atoms with Gasteiger partial charge in [-0.05, 0) is 18.6 Å². The Hall–Kier alpha value is -1.57. The number of nitrogens with zero attached hydrogens (tertiary/aromatic N) is 1. The maximum atomic E-state index is 4.20. The summed E-state index contributed by atoms with van der Waals surface area (Å²) in [5.41, 5.74) is 6.20. The Labute approximate surface area is 76.6 Å². The Morgan fingerprint density at radius 2 is 2.38 bits per heavy atom. The Balaban J connectivity index is 2.31. The molecule has 3 rings (SSSR count). The molecule has 1 aliphatic rings. The van der Waals surface area contributed by atoms with Gasteiger partial charge in [0.05, 0.1) is 11.9 Å². The lowest BCUT2D eigenvalue weighted by atomic mass is 10.1. The summed E-state index contributed by atoms with van der Waals surface area (Å²) in [5, 5.41) is 6.98. The van der Waals surface area contributed by atoms with Crippen LogP contribution in [-0.4, -0.2) is 10.2 Å². The zero-order chi connectivity index (χ0) is 8.84. The first-order valence-corrected chi connectivity index (χ1v) is 4.39. The molecule has 0 bridgehead atoms. The van der Waals surface area contributed by atoms with Crippen LogP contribution in [0.15, 0.2) is 18.2 Å². The van der Waals surface area contributed by atoms with Gasteiger partial charge >= 0.3 is 0 Å². The van der Waals surface area contributed by atoms with Crippen molar-refractivity contribution in [1.82, 2.24) is 10.2 Å². The maximum Gasteiger partial charge on any atom is 0.0966 e. The van der Waals surface area contributed by atoms with E-state index in [9.17, 15) is 0 Å². The average molecular weight is 169 g/mol. The van der Waals surface area contributed by atoms with Crippen molar-refractivity contribution in [1.29, 1.82) is 0 Å². The van der Waals surface area contributed by atoms with E-state index >= 15 is 0 Å². The summed E-state index contributed by atoms with van der Waals surface area (Å²) < 4.78 is 0. The zero-order valence-electron chi connectivity index (χ0n) is 7.39. The first-order valence-electron chi connectivity index (χ1n) is 4.39. The predicted octanol–water partition coefficient (Wildman–Crippen LogP) is 2.09. The summed E-state index contributed by atoms with van der Waals surface area (Å²) >= 11 is 0. The third-order valence-corrected chi connectivity index (χ3v) is 2.55. The second-order valence-electron chi connectivity index (χ2n) is 3.51. The summed E-state index contributed by atoms with van der Waals surface area (Å²) in [6.07, 6.45) is 4.02. The van der Waals surface area contributed by atoms with Crippen molar-refractivity contribution in [2.24, 2.45) is 0 Å². The van der Waals surface area contributed by atoms with E-state index in [0.717, 1.165) is 12.1 Å². The molecule has 0 unspecified atom stereocenters. The molecule has 2 heteroatoms. The molecule has 2 nitrogen and oxygen atoms in total. The fraction of sp³-hybridized carbons (Fsp3) is 0.182. The summed E-state index contributed by atoms with van der Waals surface area (Å²) in [6, 6.07) is 6.52. The summed E-state index contributed by atoms with van der Waals surface area (Å²) in [4.78, 5) is 0. The molecule has 0 aliphatic heterocycles. The summed E-state index contributed by atoms with van der Waals surface area (Å²) in [7, 11) is 0. The molecule has 1 N–H and O–H groups in total. The summed E-state index contributed by atoms with van der Waals surface area (Å²) in [6.45, 7) is 2.11. The van der Waals surface area contributed by atoms with Gasteiger partial charge < -0.3 is 0 Å². The van der Waals surface area contributed by atoms with E-state index in [2.05, 4.69) is 41.5 Å². The third-order valence-electron chi connectivity index (χ3n) is 2.55. The molecule has 0 saturated heterocycles. The van der Waals surface area contributed by atoms with Crippen LogP contribution in [-0.2, 0) is 6.42 Å². The van der Waals surface area contributed by atoms with Crippen molar-refractivity contribution >= 4 is 0 Å². The Bertz CT molecular complexity index is 469. The molecule has 63 valence electrons. The van der Waals surface area contributed by atoms with Crippen LogP contribution in [0.1, 0.15) is 16.7 Å². The van der Waals surface area contributed by atoms with Crippen molar-refractivity contribution in [2.45, 2.75) is 13.3 Å². The van der Waals surface area contributed by atoms with Crippen LogP contribution in [0.4, 0.5) is 0 Å². The van der Waals surface area contributed by atoms with Crippen molar-refractivity contribution in [3.05, 3.63) is 41.1 Å². The molecule has 1 aromatic carbocycles. The van der Waals surface area contributed by atoms with Gasteiger partial charge in [0.2, 0.25) is 0 Å². The Morgan fingerprint density at radius 3 is 3.31 bits per heavy atom. The largest absolute Gasteiger partial charge is 0.275 e. The highest BCUT2D eigenvalue weighted by Crippen LogP contribution is 2.34. The highest BCUT2D eigenvalue weighted by atomic mass is 15.1. The number of rotatable bonds is 0. The molecular formula is C11H9N2. The van der Waals surface area contributed by atoms with Crippen LogP contribution >= 0.6 is 0 Å². The Morgan fingerprint density at radius 1 is 1.46 bits per heavy atom. The maximum absolute atomic E-state index is 4.20. The smallest absolute Gasteiger partial charge is 0.0966 e. The van der Waals surface area contributed by atoms with Gasteiger partial charge in [-0.2, -0.15) is 5.10 Å². The van der Waals surface area contributed by atoms with Gasteiger partial charge in [0.1, 0.15) is 0 Å². The first-order chi connectivity index (χ1) is 6.34. The number of H-pyrrole nitrogens is 1. The van der Waals surface area contributed by atoms with E-state index in [1.54, 1.807) is 0 Å². The SMILES string of the molecule is Cc1ccc2c(c1)-c1n[nH][c]c1C2. The molecule has 0 amide bonds. The fourth-order valence-electron chi connectivity index (χ4n) is 1.88. The van der Waals surface area contributed by atoms with Crippen molar-refractivity contribution in [3.63, 3.8) is 0 Å². The first kappa shape index (κ1) is 6.89. The Kier molecular flexibility index (Phi) is 1.18. The van der Waals surface area contributed by atoms with Crippen LogP contribution in [0.3, 0.4) is 0 Å². The minimum atomic E-state index is 0.974. The number of aromatic nitrogens is 2. The molecule has 1 radical (unpaired) electrons. The lowest BCUT2D eigenvalue weighted by molar-refractivity contribution is 1.08. The molecule has 0 atom stereocenters. The standard InChI is InChI=1S/C11H9N2/c1-7-2-3-8-5-9-6-12-13-11(9)10(8)4-7/h2-4H,5H2,1H3,(H,12,13). The van der Waals surface area contributed by atoms with Crippen molar-refractivity contribution < 1.29 is 0 Å². The van der Waals surface area contributed by atoms with Crippen LogP contribution in [0, 0.1) is 13.1 Å². The number of aryl methyl sites for hydroxylation is 1. The van der Waals surface area contributed by atoms with E-state index in [4.69, 9.17) is 0 Å². The number of hydrogen-bond donors (Lipinski definition) is 1. The number of aromatic amines is 1. The molecular weight excluding hydrogens is 160 g/mol. The monoisotopic (exact) mass is 169 g/mol. The molecule has 13 heavy (non-hydrogen) atoms. The van der Waals surface area contributed by atoms with Crippen LogP contribution in [0.25, 0.3) is 11.3 Å². The van der Waals surface area contributed by atoms with Gasteiger partial charge in [0, 0.05) is 17.5 Å². The molecule has 1 aliphatic carbocycles. The van der Waals surface area contributed by atoms with Gasteiger partial charge in [-0.15, -0.1) is 0 Å². The van der Waals surface area contributed by atoms with Crippen LogP contribution in [0.2, 0.25) is 0 Å². The fourth-order valence-corrected chi connectivity index (χ4v) is 1.88. The molecule has 0 spiro atoms. The normalized spacial score (nSPS) is 12.7. The van der Waals surface area contributed by atoms with Gasteiger partial charge in [0.15, 0.2) is 0 Å². The predicted molar refractivity (Wildman–Crippen MR) is 50.4 cm³/mol. The molecule has 1 aromatic heterocycles. The lowest BCUT2D eigenvalue weighted by Crippen LogP contribution is -1.83. The third kappa shape index (κ3) is 0.856. The van der Waals surface area contributed by atoms with Gasteiger partial charge in [-0.25, -0.2) is 0 Å². The van der Waals surface area contributed by atoms with E-state index < -0.39 is 0 Å². The molecule has 0 fully saturated rings. The highest BCUT2D eigenvalue weighted by Gasteiger charge is 2.20. The van der Waals surface area contributed by atoms with Crippen LogP contribution < -0.4 is 0 Å². The molecule has 2 aromatic rings. The van der Waals surface area contributed by atoms with Gasteiger partial charge in [0.25, 0.3) is 0 Å². The average Bonchev–Trinajstić information content (AvgIpc) is 2.64. The minimum absolute atomic E-state index is 0.974. The lowest BCUT2D eigenvalue weighted by Gasteiger charge is -1.99. The second-order valence-corrected chi connectivity index (χ2v) is 3.51. The molecule has 1 heterocycles. The van der Waals surface area contributed by atoms with E-state index in [-0.39, 0.29) is 0 Å². The van der Waals surface area contributed by atoms with Gasteiger partial charge in [-0.1, -0.05) is 17.7 Å². The van der Waals surface area contributed by atoms with Crippen molar-refractivity contribution in [2.75, 3.05) is 0 Å². The van der Waals surface area contributed by atoms with Crippen LogP contribution in [0.5, 0.6) is 0 Å². The van der Waals surface area contributed by atoms with E-state index in [0.29, 0.717) is 0 Å². The zero-order valence-corrected chi connectivity index (χ0v) is 7.39. The topological polar surface area (TPSA) is 28.7 Å². The van der Waals surface area contributed by atoms with E-state index in [1.807, 2.05) is 0 Å². The minimum Gasteiger partial charge on any atom is -0.275 e. The quantitative estimate of drug-likeness (QED) is 0.548.